The Bertz CT molecular complexity index is 599. The molecule has 1 aliphatic rings. The summed E-state index contributed by atoms with van der Waals surface area (Å²) >= 11 is 1.63. The third kappa shape index (κ3) is 4.17. The Morgan fingerprint density at radius 2 is 2.35 bits per heavy atom. The zero-order valence-corrected chi connectivity index (χ0v) is 14.5. The second-order valence-electron chi connectivity index (χ2n) is 6.16. The molecule has 1 N–H and O–H groups in total. The van der Waals surface area contributed by atoms with Crippen molar-refractivity contribution in [1.82, 2.24) is 19.9 Å². The number of hydrogen-bond acceptors (Lipinski definition) is 7. The molecule has 2 aromatic rings. The van der Waals surface area contributed by atoms with Crippen LogP contribution in [0.2, 0.25) is 0 Å². The lowest BCUT2D eigenvalue weighted by Crippen LogP contribution is -2.54. The van der Waals surface area contributed by atoms with E-state index in [0.29, 0.717) is 24.3 Å². The summed E-state index contributed by atoms with van der Waals surface area (Å²) in [5.74, 6) is 1.34. The zero-order chi connectivity index (χ0) is 16.2. The monoisotopic (exact) mass is 336 g/mol. The molecule has 0 aliphatic carbocycles. The number of aliphatic hydroxyl groups excluding tert-OH is 1. The van der Waals surface area contributed by atoms with Crippen LogP contribution in [0.3, 0.4) is 0 Å². The minimum Gasteiger partial charge on any atom is -0.392 e. The van der Waals surface area contributed by atoms with E-state index in [1.165, 1.54) is 0 Å². The Balaban J connectivity index is 1.59. The van der Waals surface area contributed by atoms with Gasteiger partial charge in [0.15, 0.2) is 0 Å². The first-order valence-corrected chi connectivity index (χ1v) is 9.09. The minimum atomic E-state index is -0.278. The number of nitrogens with zero attached hydrogens (tertiary/aromatic N) is 4. The number of β-amino-alcohol motifs (C(OH)–C–C–N with tert-alkyl or cyclic N) is 1. The molecule has 1 saturated heterocycles. The lowest BCUT2D eigenvalue weighted by molar-refractivity contribution is 0.0302. The van der Waals surface area contributed by atoms with Crippen molar-refractivity contribution in [2.75, 3.05) is 26.2 Å². The van der Waals surface area contributed by atoms with Crippen molar-refractivity contribution in [1.29, 1.82) is 0 Å². The van der Waals surface area contributed by atoms with Crippen LogP contribution in [0.4, 0.5) is 0 Å². The van der Waals surface area contributed by atoms with Gasteiger partial charge in [-0.05, 0) is 24.8 Å². The Morgan fingerprint density at radius 1 is 1.48 bits per heavy atom. The third-order valence-electron chi connectivity index (χ3n) is 4.27. The lowest BCUT2D eigenvalue weighted by atomic mass is 10.1. The van der Waals surface area contributed by atoms with Gasteiger partial charge in [-0.25, -0.2) is 0 Å². The standard InChI is InChI=1S/C16H24N4O2S/c1-3-14-9-19(5-6-20(14)8-12(2)21)10-15-17-16(18-22-15)13-4-7-23-11-13/h4,7,11-12,14,21H,3,5-6,8-10H2,1-2H3/t12-,14+/m0/s1. The Kier molecular flexibility index (Phi) is 5.42. The molecule has 0 radical (unpaired) electrons. The van der Waals surface area contributed by atoms with Gasteiger partial charge in [-0.1, -0.05) is 12.1 Å². The number of hydrogen-bond donors (Lipinski definition) is 1. The van der Waals surface area contributed by atoms with E-state index < -0.39 is 0 Å². The molecule has 6 nitrogen and oxygen atoms in total. The highest BCUT2D eigenvalue weighted by Gasteiger charge is 2.27. The molecule has 0 amide bonds. The fourth-order valence-electron chi connectivity index (χ4n) is 3.09. The van der Waals surface area contributed by atoms with Crippen LogP contribution in [0.5, 0.6) is 0 Å². The summed E-state index contributed by atoms with van der Waals surface area (Å²) in [6.45, 7) is 8.38. The largest absolute Gasteiger partial charge is 0.392 e. The predicted octanol–water partition coefficient (Wildman–Crippen LogP) is 2.08. The fourth-order valence-corrected chi connectivity index (χ4v) is 3.72. The summed E-state index contributed by atoms with van der Waals surface area (Å²) in [6, 6.07) is 2.47. The summed E-state index contributed by atoms with van der Waals surface area (Å²) in [7, 11) is 0. The highest BCUT2D eigenvalue weighted by Crippen LogP contribution is 2.20. The molecule has 0 spiro atoms. The van der Waals surface area contributed by atoms with Crippen LogP contribution >= 0.6 is 11.3 Å². The highest BCUT2D eigenvalue weighted by atomic mass is 32.1. The van der Waals surface area contributed by atoms with Gasteiger partial charge in [0.05, 0.1) is 12.6 Å². The normalized spacial score (nSPS) is 21.6. The summed E-state index contributed by atoms with van der Waals surface area (Å²) in [6.07, 6.45) is 0.799. The summed E-state index contributed by atoms with van der Waals surface area (Å²) < 4.78 is 5.40. The second kappa shape index (κ2) is 7.53. The molecule has 126 valence electrons. The van der Waals surface area contributed by atoms with Crippen LogP contribution < -0.4 is 0 Å². The van der Waals surface area contributed by atoms with Gasteiger partial charge in [0.2, 0.25) is 11.7 Å². The van der Waals surface area contributed by atoms with Gasteiger partial charge in [-0.15, -0.1) is 0 Å². The van der Waals surface area contributed by atoms with Gasteiger partial charge < -0.3 is 9.63 Å². The first kappa shape index (κ1) is 16.6. The molecule has 1 fully saturated rings. The SMILES string of the molecule is CC[C@@H]1CN(Cc2nc(-c3ccsc3)no2)CCN1C[C@H](C)O. The molecule has 2 aromatic heterocycles. The number of piperazine rings is 1. The van der Waals surface area contributed by atoms with E-state index >= 15 is 0 Å². The van der Waals surface area contributed by atoms with Gasteiger partial charge in [-0.3, -0.25) is 9.80 Å². The summed E-state index contributed by atoms with van der Waals surface area (Å²) in [5.41, 5.74) is 1.01. The molecule has 3 rings (SSSR count). The van der Waals surface area contributed by atoms with Gasteiger partial charge in [0, 0.05) is 43.2 Å². The van der Waals surface area contributed by atoms with Gasteiger partial charge in [0.25, 0.3) is 0 Å². The van der Waals surface area contributed by atoms with E-state index in [9.17, 15) is 5.11 Å². The molecule has 23 heavy (non-hydrogen) atoms. The van der Waals surface area contributed by atoms with Crippen LogP contribution in [-0.4, -0.2) is 63.4 Å². The van der Waals surface area contributed by atoms with Crippen LogP contribution in [0, 0.1) is 0 Å². The van der Waals surface area contributed by atoms with E-state index in [0.717, 1.165) is 38.2 Å². The molecular weight excluding hydrogens is 312 g/mol. The van der Waals surface area contributed by atoms with Crippen LogP contribution in [0.15, 0.2) is 21.3 Å². The number of aromatic nitrogens is 2. The van der Waals surface area contributed by atoms with Gasteiger partial charge in [0.1, 0.15) is 0 Å². The molecule has 2 atom stereocenters. The van der Waals surface area contributed by atoms with Crippen molar-refractivity contribution in [2.45, 2.75) is 39.0 Å². The quantitative estimate of drug-likeness (QED) is 0.871. The molecule has 3 heterocycles. The van der Waals surface area contributed by atoms with Crippen molar-refractivity contribution in [3.8, 4) is 11.4 Å². The summed E-state index contributed by atoms with van der Waals surface area (Å²) in [5, 5.41) is 17.7. The summed E-state index contributed by atoms with van der Waals surface area (Å²) in [4.78, 5) is 9.24. The Morgan fingerprint density at radius 3 is 3.04 bits per heavy atom. The van der Waals surface area contributed by atoms with E-state index in [2.05, 4.69) is 26.9 Å². The van der Waals surface area contributed by atoms with Gasteiger partial charge >= 0.3 is 0 Å². The zero-order valence-electron chi connectivity index (χ0n) is 13.7. The lowest BCUT2D eigenvalue weighted by Gasteiger charge is -2.41. The minimum absolute atomic E-state index is 0.278. The molecule has 0 saturated carbocycles. The van der Waals surface area contributed by atoms with Crippen molar-refractivity contribution in [3.05, 3.63) is 22.7 Å². The maximum absolute atomic E-state index is 9.62. The van der Waals surface area contributed by atoms with E-state index in [1.54, 1.807) is 11.3 Å². The van der Waals surface area contributed by atoms with E-state index in [-0.39, 0.29) is 6.10 Å². The smallest absolute Gasteiger partial charge is 0.241 e. The fraction of sp³-hybridized carbons (Fsp3) is 0.625. The second-order valence-corrected chi connectivity index (χ2v) is 6.94. The Hall–Kier alpha value is -1.28. The first-order valence-electron chi connectivity index (χ1n) is 8.15. The third-order valence-corrected chi connectivity index (χ3v) is 4.95. The first-order chi connectivity index (χ1) is 11.2. The number of aliphatic hydroxyl groups is 1. The van der Waals surface area contributed by atoms with Crippen LogP contribution in [-0.2, 0) is 6.54 Å². The maximum atomic E-state index is 9.62. The van der Waals surface area contributed by atoms with E-state index in [4.69, 9.17) is 4.52 Å². The molecule has 0 aromatic carbocycles. The van der Waals surface area contributed by atoms with Crippen molar-refractivity contribution >= 4 is 11.3 Å². The van der Waals surface area contributed by atoms with Crippen LogP contribution in [0.25, 0.3) is 11.4 Å². The number of rotatable bonds is 6. The van der Waals surface area contributed by atoms with Gasteiger partial charge in [-0.2, -0.15) is 16.3 Å². The molecule has 7 heteroatoms. The van der Waals surface area contributed by atoms with E-state index in [1.807, 2.05) is 23.8 Å². The molecule has 0 unspecified atom stereocenters. The predicted molar refractivity (Wildman–Crippen MR) is 90.2 cm³/mol. The van der Waals surface area contributed by atoms with Crippen molar-refractivity contribution in [3.63, 3.8) is 0 Å². The Labute approximate surface area is 140 Å². The highest BCUT2D eigenvalue weighted by molar-refractivity contribution is 7.08. The van der Waals surface area contributed by atoms with Crippen molar-refractivity contribution in [2.24, 2.45) is 0 Å². The average molecular weight is 336 g/mol. The number of thiophene rings is 1. The molecule has 0 bridgehead atoms. The maximum Gasteiger partial charge on any atom is 0.241 e. The molecular formula is C16H24N4O2S. The van der Waals surface area contributed by atoms with Crippen LogP contribution in [0.1, 0.15) is 26.2 Å². The average Bonchev–Trinajstić information content (AvgIpc) is 3.19. The molecule has 1 aliphatic heterocycles. The topological polar surface area (TPSA) is 65.6 Å². The van der Waals surface area contributed by atoms with Crippen molar-refractivity contribution < 1.29 is 9.63 Å².